The first kappa shape index (κ1) is 10.4. The van der Waals surface area contributed by atoms with Crippen molar-refractivity contribution in [1.82, 2.24) is 15.1 Å². The molecule has 2 rings (SSSR count). The molecule has 15 heavy (non-hydrogen) atoms. The third kappa shape index (κ3) is 2.27. The van der Waals surface area contributed by atoms with E-state index in [0.717, 1.165) is 13.0 Å². The van der Waals surface area contributed by atoms with Crippen LogP contribution in [0, 0.1) is 0 Å². The molecular formula is C9H15N3O3. The van der Waals surface area contributed by atoms with Gasteiger partial charge >= 0.3 is 6.03 Å². The lowest BCUT2D eigenvalue weighted by atomic mass is 10.3. The van der Waals surface area contributed by atoms with Gasteiger partial charge in [-0.2, -0.15) is 0 Å². The first-order chi connectivity index (χ1) is 7.16. The van der Waals surface area contributed by atoms with Crippen LogP contribution >= 0.6 is 0 Å². The van der Waals surface area contributed by atoms with E-state index in [-0.39, 0.29) is 24.6 Å². The number of nitrogens with zero attached hydrogens (tertiary/aromatic N) is 2. The Bertz CT molecular complexity index is 266. The van der Waals surface area contributed by atoms with Crippen molar-refractivity contribution in [3.05, 3.63) is 0 Å². The lowest BCUT2D eigenvalue weighted by molar-refractivity contribution is -0.125. The van der Waals surface area contributed by atoms with Gasteiger partial charge in [-0.3, -0.25) is 14.6 Å². The second-order valence-electron chi connectivity index (χ2n) is 3.95. The van der Waals surface area contributed by atoms with Gasteiger partial charge in [-0.1, -0.05) is 0 Å². The fraction of sp³-hybridized carbons (Fsp3) is 0.778. The molecule has 0 aromatic rings. The molecule has 2 heterocycles. The van der Waals surface area contributed by atoms with Gasteiger partial charge in [-0.15, -0.1) is 0 Å². The smallest absolute Gasteiger partial charge is 0.324 e. The van der Waals surface area contributed by atoms with Gasteiger partial charge in [0.1, 0.15) is 0 Å². The minimum Gasteiger partial charge on any atom is -0.392 e. The van der Waals surface area contributed by atoms with E-state index < -0.39 is 0 Å². The van der Waals surface area contributed by atoms with Gasteiger partial charge in [-0.25, -0.2) is 4.79 Å². The number of hydrogen-bond donors (Lipinski definition) is 2. The summed E-state index contributed by atoms with van der Waals surface area (Å²) in [5.41, 5.74) is 0. The highest BCUT2D eigenvalue weighted by Gasteiger charge is 2.29. The Morgan fingerprint density at radius 3 is 2.73 bits per heavy atom. The second-order valence-corrected chi connectivity index (χ2v) is 3.95. The number of hydrogen-bond acceptors (Lipinski definition) is 4. The highest BCUT2D eigenvalue weighted by molar-refractivity contribution is 6.01. The fourth-order valence-corrected chi connectivity index (χ4v) is 1.94. The lowest BCUT2D eigenvalue weighted by Crippen LogP contribution is -2.38. The summed E-state index contributed by atoms with van der Waals surface area (Å²) in [4.78, 5) is 25.7. The summed E-state index contributed by atoms with van der Waals surface area (Å²) in [5.74, 6) is -0.167. The molecule has 6 heteroatoms. The number of carbonyl (C=O) groups is 2. The lowest BCUT2D eigenvalue weighted by Gasteiger charge is -2.18. The second kappa shape index (κ2) is 4.16. The number of rotatable bonds is 3. The van der Waals surface area contributed by atoms with Gasteiger partial charge in [0.25, 0.3) is 0 Å². The Morgan fingerprint density at radius 2 is 2.20 bits per heavy atom. The highest BCUT2D eigenvalue weighted by Crippen LogP contribution is 2.08. The molecule has 3 amide bonds. The maximum absolute atomic E-state index is 11.2. The minimum absolute atomic E-state index is 0.113. The minimum atomic E-state index is -0.306. The van der Waals surface area contributed by atoms with Crippen LogP contribution in [0.4, 0.5) is 4.79 Å². The van der Waals surface area contributed by atoms with Crippen LogP contribution in [0.1, 0.15) is 6.42 Å². The van der Waals surface area contributed by atoms with Crippen molar-refractivity contribution < 1.29 is 14.7 Å². The molecule has 0 bridgehead atoms. The molecular weight excluding hydrogens is 198 g/mol. The average molecular weight is 213 g/mol. The summed E-state index contributed by atoms with van der Waals surface area (Å²) in [6.45, 7) is 2.66. The topological polar surface area (TPSA) is 72.9 Å². The molecule has 0 aromatic heterocycles. The van der Waals surface area contributed by atoms with Gasteiger partial charge in [0.05, 0.1) is 12.6 Å². The van der Waals surface area contributed by atoms with Gasteiger partial charge in [-0.05, 0) is 6.42 Å². The molecule has 2 aliphatic heterocycles. The molecule has 0 aliphatic carbocycles. The Hall–Kier alpha value is -1.14. The van der Waals surface area contributed by atoms with Crippen molar-refractivity contribution in [1.29, 1.82) is 0 Å². The van der Waals surface area contributed by atoms with Gasteiger partial charge in [0.15, 0.2) is 0 Å². The summed E-state index contributed by atoms with van der Waals surface area (Å²) < 4.78 is 0. The SMILES string of the molecule is O=C1CNC(=O)N1CCN1CC[C@@H](O)C1. The van der Waals surface area contributed by atoms with Crippen LogP contribution in [0.15, 0.2) is 0 Å². The Balaban J connectivity index is 1.78. The van der Waals surface area contributed by atoms with Crippen LogP contribution in [0.2, 0.25) is 0 Å². The standard InChI is InChI=1S/C9H15N3O3/c13-7-1-2-11(6-7)3-4-12-8(14)5-10-9(12)15/h7,13H,1-6H2,(H,10,15)/t7-/m1/s1. The van der Waals surface area contributed by atoms with Crippen LogP contribution in [0.5, 0.6) is 0 Å². The van der Waals surface area contributed by atoms with Crippen molar-refractivity contribution in [3.63, 3.8) is 0 Å². The summed E-state index contributed by atoms with van der Waals surface area (Å²) in [6, 6.07) is -0.306. The van der Waals surface area contributed by atoms with E-state index in [9.17, 15) is 14.7 Å². The number of amides is 3. The van der Waals surface area contributed by atoms with Crippen LogP contribution in [0.3, 0.4) is 0 Å². The third-order valence-corrected chi connectivity index (χ3v) is 2.82. The predicted octanol–water partition coefficient (Wildman–Crippen LogP) is -1.40. The number of urea groups is 1. The number of β-amino-alcohol motifs (C(OH)–C–C–N with tert-alkyl or cyclic N) is 1. The third-order valence-electron chi connectivity index (χ3n) is 2.82. The summed E-state index contributed by atoms with van der Waals surface area (Å²) in [6.07, 6.45) is 0.522. The van der Waals surface area contributed by atoms with Gasteiger partial charge in [0.2, 0.25) is 5.91 Å². The first-order valence-corrected chi connectivity index (χ1v) is 5.15. The summed E-state index contributed by atoms with van der Waals surface area (Å²) >= 11 is 0. The van der Waals surface area contributed by atoms with Gasteiger partial charge in [0, 0.05) is 26.2 Å². The number of likely N-dealkylation sites (tertiary alicyclic amines) is 1. The quantitative estimate of drug-likeness (QED) is 0.566. The molecule has 2 aliphatic rings. The van der Waals surface area contributed by atoms with Crippen molar-refractivity contribution in [2.45, 2.75) is 12.5 Å². The molecule has 6 nitrogen and oxygen atoms in total. The van der Waals surface area contributed by atoms with Crippen molar-refractivity contribution in [3.8, 4) is 0 Å². The Kier molecular flexibility index (Phi) is 2.88. The van der Waals surface area contributed by atoms with Crippen molar-refractivity contribution >= 4 is 11.9 Å². The van der Waals surface area contributed by atoms with Crippen molar-refractivity contribution in [2.24, 2.45) is 0 Å². The largest absolute Gasteiger partial charge is 0.392 e. The molecule has 2 saturated heterocycles. The van der Waals surface area contributed by atoms with E-state index in [1.54, 1.807) is 0 Å². The number of aliphatic hydroxyl groups is 1. The predicted molar refractivity (Wildman–Crippen MR) is 52.2 cm³/mol. The van der Waals surface area contributed by atoms with Crippen molar-refractivity contribution in [2.75, 3.05) is 32.7 Å². The van der Waals surface area contributed by atoms with E-state index in [1.165, 1.54) is 4.90 Å². The monoisotopic (exact) mass is 213 g/mol. The summed E-state index contributed by atoms with van der Waals surface area (Å²) in [7, 11) is 0. The zero-order valence-electron chi connectivity index (χ0n) is 8.48. The van der Waals surface area contributed by atoms with Crippen LogP contribution in [-0.2, 0) is 4.79 Å². The zero-order valence-corrected chi connectivity index (χ0v) is 8.48. The number of nitrogens with one attached hydrogen (secondary N) is 1. The Labute approximate surface area is 87.8 Å². The van der Waals surface area contributed by atoms with Crippen LogP contribution in [0.25, 0.3) is 0 Å². The van der Waals surface area contributed by atoms with Crippen LogP contribution < -0.4 is 5.32 Å². The molecule has 2 fully saturated rings. The Morgan fingerprint density at radius 1 is 1.40 bits per heavy atom. The fourth-order valence-electron chi connectivity index (χ4n) is 1.94. The molecule has 0 unspecified atom stereocenters. The maximum Gasteiger partial charge on any atom is 0.324 e. The van der Waals surface area contributed by atoms with E-state index in [2.05, 4.69) is 10.2 Å². The zero-order chi connectivity index (χ0) is 10.8. The molecule has 84 valence electrons. The number of imide groups is 1. The molecule has 0 radical (unpaired) electrons. The maximum atomic E-state index is 11.2. The highest BCUT2D eigenvalue weighted by atomic mass is 16.3. The number of aliphatic hydroxyl groups excluding tert-OH is 1. The molecule has 0 spiro atoms. The van der Waals surface area contributed by atoms with E-state index in [4.69, 9.17) is 0 Å². The van der Waals surface area contributed by atoms with E-state index >= 15 is 0 Å². The van der Waals surface area contributed by atoms with E-state index in [0.29, 0.717) is 19.6 Å². The van der Waals surface area contributed by atoms with Crippen LogP contribution in [-0.4, -0.2) is 65.7 Å². The first-order valence-electron chi connectivity index (χ1n) is 5.15. The summed E-state index contributed by atoms with van der Waals surface area (Å²) in [5, 5.41) is 11.8. The molecule has 2 N–H and O–H groups in total. The molecule has 1 atom stereocenters. The molecule has 0 aromatic carbocycles. The van der Waals surface area contributed by atoms with Gasteiger partial charge < -0.3 is 10.4 Å². The molecule has 0 saturated carbocycles. The normalized spacial score (nSPS) is 27.5. The average Bonchev–Trinajstić information content (AvgIpc) is 2.73. The number of carbonyl (C=O) groups excluding carboxylic acids is 2. The van der Waals surface area contributed by atoms with E-state index in [1.807, 2.05) is 0 Å².